The van der Waals surface area contributed by atoms with Crippen molar-refractivity contribution in [1.29, 1.82) is 0 Å². The molecule has 2 aliphatic heterocycles. The van der Waals surface area contributed by atoms with Crippen LogP contribution in [0.4, 0.5) is 0 Å². The molecule has 1 aromatic rings. The molecule has 2 saturated heterocycles. The van der Waals surface area contributed by atoms with Crippen molar-refractivity contribution in [3.8, 4) is 0 Å². The van der Waals surface area contributed by atoms with E-state index in [1.165, 1.54) is 4.31 Å². The second kappa shape index (κ2) is 9.76. The molecule has 1 unspecified atom stereocenters. The summed E-state index contributed by atoms with van der Waals surface area (Å²) in [6.07, 6.45) is 5.44. The predicted octanol–water partition coefficient (Wildman–Crippen LogP) is 0.841. The second-order valence-corrected chi connectivity index (χ2v) is 10.4. The van der Waals surface area contributed by atoms with E-state index in [-0.39, 0.29) is 17.0 Å². The number of amides is 1. The molecule has 0 aromatic carbocycles. The minimum atomic E-state index is -3.64. The van der Waals surface area contributed by atoms with Crippen molar-refractivity contribution >= 4 is 15.9 Å². The minimum Gasteiger partial charge on any atom is -0.381 e. The summed E-state index contributed by atoms with van der Waals surface area (Å²) in [5.74, 6) is 0.772. The van der Waals surface area contributed by atoms with Crippen LogP contribution in [-0.4, -0.2) is 96.5 Å². The van der Waals surface area contributed by atoms with Gasteiger partial charge in [0, 0.05) is 78.7 Å². The molecular weight excluding hydrogens is 406 g/mol. The van der Waals surface area contributed by atoms with Crippen LogP contribution in [0.2, 0.25) is 0 Å². The minimum absolute atomic E-state index is 0.0861. The standard InChI is InChI=1S/C20H35N5O4S/c1-16-21-20(15-22(16)3)30(27,28)23(4)10-11-25(18-7-12-29-13-8-18)19-6-5-9-24(14-19)17(2)26/h15,18-19H,5-14H2,1-4H3. The van der Waals surface area contributed by atoms with Crippen LogP contribution in [0.25, 0.3) is 0 Å². The van der Waals surface area contributed by atoms with Gasteiger partial charge in [0.15, 0.2) is 5.03 Å². The molecule has 30 heavy (non-hydrogen) atoms. The van der Waals surface area contributed by atoms with Gasteiger partial charge < -0.3 is 14.2 Å². The van der Waals surface area contributed by atoms with Gasteiger partial charge in [-0.2, -0.15) is 4.31 Å². The summed E-state index contributed by atoms with van der Waals surface area (Å²) in [5.41, 5.74) is 0. The molecule has 1 atom stereocenters. The highest BCUT2D eigenvalue weighted by Crippen LogP contribution is 2.24. The van der Waals surface area contributed by atoms with Crippen LogP contribution in [0, 0.1) is 6.92 Å². The molecule has 0 bridgehead atoms. The van der Waals surface area contributed by atoms with Crippen LogP contribution in [0.1, 0.15) is 38.4 Å². The maximum atomic E-state index is 13.0. The monoisotopic (exact) mass is 441 g/mol. The molecule has 3 rings (SSSR count). The first kappa shape index (κ1) is 23.2. The van der Waals surface area contributed by atoms with E-state index < -0.39 is 10.0 Å². The average molecular weight is 442 g/mol. The molecule has 9 nitrogen and oxygen atoms in total. The lowest BCUT2D eigenvalue weighted by atomic mass is 9.98. The number of likely N-dealkylation sites (tertiary alicyclic amines) is 1. The van der Waals surface area contributed by atoms with Crippen molar-refractivity contribution < 1.29 is 17.9 Å². The third-order valence-electron chi connectivity index (χ3n) is 6.40. The Morgan fingerprint density at radius 2 is 1.93 bits per heavy atom. The molecule has 0 N–H and O–H groups in total. The number of likely N-dealkylation sites (N-methyl/N-ethyl adjacent to an activating group) is 1. The van der Waals surface area contributed by atoms with Crippen molar-refractivity contribution in [3.63, 3.8) is 0 Å². The molecule has 0 aliphatic carbocycles. The Morgan fingerprint density at radius 3 is 2.53 bits per heavy atom. The molecule has 0 spiro atoms. The summed E-state index contributed by atoms with van der Waals surface area (Å²) in [5, 5.41) is 0.0861. The Hall–Kier alpha value is -1.49. The lowest BCUT2D eigenvalue weighted by molar-refractivity contribution is -0.131. The lowest BCUT2D eigenvalue weighted by Gasteiger charge is -2.44. The van der Waals surface area contributed by atoms with Crippen LogP contribution in [0.3, 0.4) is 0 Å². The maximum Gasteiger partial charge on any atom is 0.261 e. The van der Waals surface area contributed by atoms with E-state index in [1.54, 1.807) is 38.7 Å². The molecule has 1 amide bonds. The topological polar surface area (TPSA) is 88.0 Å². The highest BCUT2D eigenvalue weighted by molar-refractivity contribution is 7.89. The Kier molecular flexibility index (Phi) is 7.54. The smallest absolute Gasteiger partial charge is 0.261 e. The summed E-state index contributed by atoms with van der Waals surface area (Å²) in [4.78, 5) is 20.5. The van der Waals surface area contributed by atoms with Gasteiger partial charge in [0.1, 0.15) is 5.82 Å². The summed E-state index contributed by atoms with van der Waals surface area (Å²) in [6, 6.07) is 0.600. The fourth-order valence-corrected chi connectivity index (χ4v) is 5.56. The first-order chi connectivity index (χ1) is 14.2. The van der Waals surface area contributed by atoms with Crippen LogP contribution in [0.5, 0.6) is 0 Å². The molecule has 0 radical (unpaired) electrons. The average Bonchev–Trinajstić information content (AvgIpc) is 3.08. The summed E-state index contributed by atoms with van der Waals surface area (Å²) < 4.78 is 34.6. The largest absolute Gasteiger partial charge is 0.381 e. The Bertz CT molecular complexity index is 815. The number of piperidine rings is 1. The molecule has 2 aliphatic rings. The predicted molar refractivity (Wildman–Crippen MR) is 114 cm³/mol. The van der Waals surface area contributed by atoms with E-state index in [1.807, 2.05) is 4.90 Å². The van der Waals surface area contributed by atoms with E-state index in [9.17, 15) is 13.2 Å². The van der Waals surface area contributed by atoms with E-state index in [2.05, 4.69) is 9.88 Å². The lowest BCUT2D eigenvalue weighted by Crippen LogP contribution is -2.55. The number of aromatic nitrogens is 2. The highest BCUT2D eigenvalue weighted by Gasteiger charge is 2.33. The molecule has 2 fully saturated rings. The van der Waals surface area contributed by atoms with E-state index in [0.717, 1.165) is 45.4 Å². The van der Waals surface area contributed by atoms with Crippen molar-refractivity contribution in [2.24, 2.45) is 7.05 Å². The Labute approximate surface area is 180 Å². The van der Waals surface area contributed by atoms with Gasteiger partial charge in [0.2, 0.25) is 5.91 Å². The third kappa shape index (κ3) is 5.22. The summed E-state index contributed by atoms with van der Waals surface area (Å²) in [6.45, 7) is 7.39. The number of sulfonamides is 1. The zero-order valence-electron chi connectivity index (χ0n) is 18.6. The normalized spacial score (nSPS) is 21.5. The van der Waals surface area contributed by atoms with Gasteiger partial charge in [-0.05, 0) is 32.6 Å². The zero-order valence-corrected chi connectivity index (χ0v) is 19.4. The van der Waals surface area contributed by atoms with Gasteiger partial charge in [0.05, 0.1) is 0 Å². The molecule has 170 valence electrons. The summed E-state index contributed by atoms with van der Waals surface area (Å²) in [7, 11) is -0.231. The second-order valence-electron chi connectivity index (χ2n) is 8.41. The number of imidazole rings is 1. The first-order valence-corrected chi connectivity index (χ1v) is 12.2. The number of aryl methyl sites for hydroxylation is 2. The molecule has 10 heteroatoms. The zero-order chi connectivity index (χ0) is 21.9. The maximum absolute atomic E-state index is 13.0. The Balaban J connectivity index is 1.71. The van der Waals surface area contributed by atoms with Gasteiger partial charge in [-0.15, -0.1) is 0 Å². The number of hydrogen-bond donors (Lipinski definition) is 0. The van der Waals surface area contributed by atoms with Crippen molar-refractivity contribution in [2.45, 2.75) is 56.6 Å². The number of carbonyl (C=O) groups is 1. The number of nitrogens with zero attached hydrogens (tertiary/aromatic N) is 5. The quantitative estimate of drug-likeness (QED) is 0.623. The van der Waals surface area contributed by atoms with Crippen molar-refractivity contribution in [1.82, 2.24) is 23.7 Å². The molecule has 3 heterocycles. The SMILES string of the molecule is CC(=O)N1CCCC(N(CCN(C)S(=O)(=O)c2cn(C)c(C)n2)C2CCOCC2)C1. The van der Waals surface area contributed by atoms with Crippen LogP contribution < -0.4 is 0 Å². The van der Waals surface area contributed by atoms with Crippen LogP contribution >= 0.6 is 0 Å². The highest BCUT2D eigenvalue weighted by atomic mass is 32.2. The Morgan fingerprint density at radius 1 is 1.23 bits per heavy atom. The molecule has 0 saturated carbocycles. The fraction of sp³-hybridized carbons (Fsp3) is 0.800. The van der Waals surface area contributed by atoms with Crippen LogP contribution in [0.15, 0.2) is 11.2 Å². The van der Waals surface area contributed by atoms with E-state index in [0.29, 0.717) is 31.5 Å². The number of carbonyl (C=O) groups excluding carboxylic acids is 1. The molecular formula is C20H35N5O4S. The van der Waals surface area contributed by atoms with Crippen molar-refractivity contribution in [3.05, 3.63) is 12.0 Å². The van der Waals surface area contributed by atoms with Gasteiger partial charge in [-0.25, -0.2) is 13.4 Å². The third-order valence-corrected chi connectivity index (χ3v) is 8.13. The van der Waals surface area contributed by atoms with E-state index >= 15 is 0 Å². The van der Waals surface area contributed by atoms with E-state index in [4.69, 9.17) is 4.74 Å². The van der Waals surface area contributed by atoms with Gasteiger partial charge in [-0.1, -0.05) is 0 Å². The fourth-order valence-electron chi connectivity index (χ4n) is 4.38. The van der Waals surface area contributed by atoms with Gasteiger partial charge in [-0.3, -0.25) is 9.69 Å². The summed E-state index contributed by atoms with van der Waals surface area (Å²) >= 11 is 0. The van der Waals surface area contributed by atoms with Gasteiger partial charge >= 0.3 is 0 Å². The van der Waals surface area contributed by atoms with Crippen molar-refractivity contribution in [2.75, 3.05) is 46.4 Å². The van der Waals surface area contributed by atoms with Crippen LogP contribution in [-0.2, 0) is 26.6 Å². The van der Waals surface area contributed by atoms with Gasteiger partial charge in [0.25, 0.3) is 10.0 Å². The molecule has 1 aromatic heterocycles. The number of ether oxygens (including phenoxy) is 1. The first-order valence-electron chi connectivity index (χ1n) is 10.8. The number of hydrogen-bond acceptors (Lipinski definition) is 6. The number of rotatable bonds is 7.